The average molecular weight is 480 g/mol. The van der Waals surface area contributed by atoms with E-state index >= 15 is 0 Å². The van der Waals surface area contributed by atoms with E-state index in [-0.39, 0.29) is 35.4 Å². The maximum Gasteiger partial charge on any atom is 0.247 e. The second-order valence-corrected chi connectivity index (χ2v) is 12.0. The number of halogens is 2. The molecule has 1 aliphatic heterocycles. The molecule has 1 heterocycles. The number of carbonyl (C=O) groups is 1. The zero-order valence-electron chi connectivity index (χ0n) is 17.9. The third kappa shape index (κ3) is 6.34. The summed E-state index contributed by atoms with van der Waals surface area (Å²) < 4.78 is 24.0. The Morgan fingerprint density at radius 1 is 1.13 bits per heavy atom. The molecule has 0 bridgehead atoms. The summed E-state index contributed by atoms with van der Waals surface area (Å²) in [4.78, 5) is 14.7. The van der Waals surface area contributed by atoms with Crippen LogP contribution in [0.25, 0.3) is 6.08 Å². The molecule has 0 aromatic heterocycles. The highest BCUT2D eigenvalue weighted by Crippen LogP contribution is 2.26. The molecule has 0 N–H and O–H groups in total. The fourth-order valence-corrected chi connectivity index (χ4v) is 5.80. The molecule has 1 saturated heterocycles. The van der Waals surface area contributed by atoms with Crippen molar-refractivity contribution in [1.82, 2.24) is 4.90 Å². The van der Waals surface area contributed by atoms with Gasteiger partial charge in [-0.05, 0) is 46.7 Å². The van der Waals surface area contributed by atoms with Crippen LogP contribution < -0.4 is 0 Å². The van der Waals surface area contributed by atoms with E-state index in [1.54, 1.807) is 29.2 Å². The summed E-state index contributed by atoms with van der Waals surface area (Å²) in [6.45, 7) is 6.67. The van der Waals surface area contributed by atoms with Crippen LogP contribution in [-0.2, 0) is 26.6 Å². The van der Waals surface area contributed by atoms with Crippen molar-refractivity contribution < 1.29 is 13.2 Å². The molecule has 0 radical (unpaired) electrons. The monoisotopic (exact) mass is 479 g/mol. The summed E-state index contributed by atoms with van der Waals surface area (Å²) in [6, 6.07) is 12.8. The maximum absolute atomic E-state index is 13.1. The molecule has 1 atom stereocenters. The zero-order valence-corrected chi connectivity index (χ0v) is 20.3. The molecule has 0 aliphatic carbocycles. The highest BCUT2D eigenvalue weighted by atomic mass is 35.5. The van der Waals surface area contributed by atoms with Gasteiger partial charge in [-0.15, -0.1) is 0 Å². The molecule has 2 aromatic rings. The minimum Gasteiger partial charge on any atom is -0.331 e. The third-order valence-electron chi connectivity index (χ3n) is 5.48. The number of sulfone groups is 1. The number of benzene rings is 2. The maximum atomic E-state index is 13.1. The summed E-state index contributed by atoms with van der Waals surface area (Å²) in [6.07, 6.45) is 3.68. The average Bonchev–Trinajstić information content (AvgIpc) is 3.04. The number of hydrogen-bond acceptors (Lipinski definition) is 3. The van der Waals surface area contributed by atoms with Crippen LogP contribution in [0.15, 0.2) is 48.5 Å². The summed E-state index contributed by atoms with van der Waals surface area (Å²) in [7, 11) is -3.14. The highest BCUT2D eigenvalue weighted by molar-refractivity contribution is 7.91. The second kappa shape index (κ2) is 9.35. The Morgan fingerprint density at radius 2 is 1.81 bits per heavy atom. The molecule has 0 saturated carbocycles. The lowest BCUT2D eigenvalue weighted by Crippen LogP contribution is -2.39. The number of rotatable bonds is 5. The largest absolute Gasteiger partial charge is 0.331 e. The van der Waals surface area contributed by atoms with Crippen molar-refractivity contribution in [2.45, 2.75) is 45.2 Å². The molecule has 2 aromatic carbocycles. The fraction of sp³-hybridized carbons (Fsp3) is 0.375. The number of hydrogen-bond donors (Lipinski definition) is 0. The first-order valence-electron chi connectivity index (χ1n) is 10.2. The number of carbonyl (C=O) groups excluding carboxylic acids is 1. The summed E-state index contributed by atoms with van der Waals surface area (Å²) in [5.41, 5.74) is 2.91. The van der Waals surface area contributed by atoms with Crippen LogP contribution in [0.2, 0.25) is 10.0 Å². The van der Waals surface area contributed by atoms with Gasteiger partial charge in [-0.2, -0.15) is 0 Å². The van der Waals surface area contributed by atoms with Crippen molar-refractivity contribution in [1.29, 1.82) is 0 Å². The van der Waals surface area contributed by atoms with Crippen molar-refractivity contribution in [2.75, 3.05) is 11.5 Å². The van der Waals surface area contributed by atoms with Gasteiger partial charge < -0.3 is 4.90 Å². The summed E-state index contributed by atoms with van der Waals surface area (Å²) >= 11 is 12.3. The van der Waals surface area contributed by atoms with E-state index in [1.807, 2.05) is 12.1 Å². The lowest BCUT2D eigenvalue weighted by Gasteiger charge is -2.27. The normalized spacial score (nSPS) is 18.4. The molecule has 4 nitrogen and oxygen atoms in total. The molecule has 1 fully saturated rings. The molecule has 0 spiro atoms. The van der Waals surface area contributed by atoms with Gasteiger partial charge in [-0.3, -0.25) is 4.79 Å². The van der Waals surface area contributed by atoms with Crippen LogP contribution >= 0.6 is 23.2 Å². The van der Waals surface area contributed by atoms with Gasteiger partial charge in [0.2, 0.25) is 5.91 Å². The van der Waals surface area contributed by atoms with Crippen molar-refractivity contribution in [3.63, 3.8) is 0 Å². The van der Waals surface area contributed by atoms with E-state index in [0.29, 0.717) is 16.5 Å². The molecule has 31 heavy (non-hydrogen) atoms. The Kier molecular flexibility index (Phi) is 7.19. The van der Waals surface area contributed by atoms with Gasteiger partial charge in [-0.25, -0.2) is 8.42 Å². The molecule has 3 rings (SSSR count). The smallest absolute Gasteiger partial charge is 0.247 e. The summed E-state index contributed by atoms with van der Waals surface area (Å²) in [5, 5.41) is 0.960. The Bertz CT molecular complexity index is 1090. The lowest BCUT2D eigenvalue weighted by atomic mass is 9.87. The van der Waals surface area contributed by atoms with Crippen LogP contribution in [0.5, 0.6) is 0 Å². The first-order valence-corrected chi connectivity index (χ1v) is 12.8. The lowest BCUT2D eigenvalue weighted by molar-refractivity contribution is -0.128. The second-order valence-electron chi connectivity index (χ2n) is 8.96. The molecule has 1 unspecified atom stereocenters. The van der Waals surface area contributed by atoms with Crippen LogP contribution in [0.1, 0.15) is 43.9 Å². The number of amides is 1. The zero-order chi connectivity index (χ0) is 22.8. The topological polar surface area (TPSA) is 54.5 Å². The Labute approximate surface area is 194 Å². The fourth-order valence-electron chi connectivity index (χ4n) is 3.60. The number of nitrogens with zero attached hydrogens (tertiary/aromatic N) is 1. The van der Waals surface area contributed by atoms with E-state index in [0.717, 1.165) is 11.1 Å². The van der Waals surface area contributed by atoms with Gasteiger partial charge in [-0.1, -0.05) is 74.3 Å². The first-order chi connectivity index (χ1) is 14.4. The van der Waals surface area contributed by atoms with E-state index < -0.39 is 9.84 Å². The van der Waals surface area contributed by atoms with Gasteiger partial charge in [0, 0.05) is 28.7 Å². The minimum absolute atomic E-state index is 0.0297. The Balaban J connectivity index is 1.82. The molecule has 166 valence electrons. The molecular formula is C24H27Cl2NO3S. The van der Waals surface area contributed by atoms with Crippen LogP contribution in [-0.4, -0.2) is 36.8 Å². The highest BCUT2D eigenvalue weighted by Gasteiger charge is 2.34. The first kappa shape index (κ1) is 23.8. The quantitative estimate of drug-likeness (QED) is 0.530. The molecule has 1 amide bonds. The SMILES string of the molecule is CC(C)(C)c1ccc(/C=C/C(=O)N(Cc2ccc(Cl)cc2Cl)C2CCS(=O)(=O)C2)cc1. The molecule has 1 aliphatic rings. The van der Waals surface area contributed by atoms with Crippen LogP contribution in [0, 0.1) is 0 Å². The van der Waals surface area contributed by atoms with Gasteiger partial charge in [0.1, 0.15) is 0 Å². The summed E-state index contributed by atoms with van der Waals surface area (Å²) in [5.74, 6) is -0.181. The van der Waals surface area contributed by atoms with E-state index in [4.69, 9.17) is 23.2 Å². The van der Waals surface area contributed by atoms with Crippen LogP contribution in [0.4, 0.5) is 0 Å². The van der Waals surface area contributed by atoms with Crippen molar-refractivity contribution in [3.8, 4) is 0 Å². The van der Waals surface area contributed by atoms with Crippen molar-refractivity contribution >= 4 is 45.0 Å². The predicted molar refractivity (Wildman–Crippen MR) is 128 cm³/mol. The van der Waals surface area contributed by atoms with E-state index in [1.165, 1.54) is 11.6 Å². The van der Waals surface area contributed by atoms with Gasteiger partial charge in [0.25, 0.3) is 0 Å². The predicted octanol–water partition coefficient (Wildman–Crippen LogP) is 5.52. The van der Waals surface area contributed by atoms with Crippen molar-refractivity contribution in [3.05, 3.63) is 75.3 Å². The van der Waals surface area contributed by atoms with Gasteiger partial charge >= 0.3 is 0 Å². The Hall–Kier alpha value is -1.82. The standard InChI is InChI=1S/C24H27Cl2NO3S/c1-24(2,3)19-8-4-17(5-9-19)6-11-23(28)27(21-12-13-31(29,30)16-21)15-18-7-10-20(25)14-22(18)26/h4-11,14,21H,12-13,15-16H2,1-3H3/b11-6+. The third-order valence-corrected chi connectivity index (χ3v) is 7.82. The molecular weight excluding hydrogens is 453 g/mol. The van der Waals surface area contributed by atoms with Gasteiger partial charge in [0.15, 0.2) is 9.84 Å². The van der Waals surface area contributed by atoms with E-state index in [2.05, 4.69) is 32.9 Å². The van der Waals surface area contributed by atoms with Crippen molar-refractivity contribution in [2.24, 2.45) is 0 Å². The minimum atomic E-state index is -3.14. The van der Waals surface area contributed by atoms with E-state index in [9.17, 15) is 13.2 Å². The molecule has 7 heteroatoms. The Morgan fingerprint density at radius 3 is 2.35 bits per heavy atom. The van der Waals surface area contributed by atoms with Crippen LogP contribution in [0.3, 0.4) is 0 Å². The van der Waals surface area contributed by atoms with Gasteiger partial charge in [0.05, 0.1) is 11.5 Å².